The number of rotatable bonds is 9. The van der Waals surface area contributed by atoms with Crippen molar-refractivity contribution in [3.05, 3.63) is 35.4 Å². The van der Waals surface area contributed by atoms with E-state index in [-0.39, 0.29) is 41.5 Å². The molecule has 154 valence electrons. The number of ether oxygens (including phenoxy) is 1. The molecule has 27 heavy (non-hydrogen) atoms. The van der Waals surface area contributed by atoms with E-state index in [0.29, 0.717) is 18.7 Å². The van der Waals surface area contributed by atoms with Crippen LogP contribution in [-0.4, -0.2) is 43.7 Å². The van der Waals surface area contributed by atoms with Crippen LogP contribution in [0.15, 0.2) is 29.3 Å². The second-order valence-corrected chi connectivity index (χ2v) is 6.99. The molecule has 0 bridgehead atoms. The normalized spacial score (nSPS) is 12.7. The lowest BCUT2D eigenvalue weighted by Crippen LogP contribution is -2.45. The molecule has 0 fully saturated rings. The minimum absolute atomic E-state index is 0. The molecule has 1 amide bonds. The van der Waals surface area contributed by atoms with E-state index in [9.17, 15) is 4.79 Å². The van der Waals surface area contributed by atoms with Crippen molar-refractivity contribution in [2.24, 2.45) is 4.99 Å². The summed E-state index contributed by atoms with van der Waals surface area (Å²) in [5, 5.41) is 9.49. The number of aliphatic imine (C=N–C) groups is 1. The number of amides is 1. The van der Waals surface area contributed by atoms with Crippen molar-refractivity contribution < 1.29 is 9.53 Å². The molecular formula is C20H35IN4O2. The summed E-state index contributed by atoms with van der Waals surface area (Å²) in [5.41, 5.74) is 1.46. The Kier molecular flexibility index (Phi) is 12.3. The van der Waals surface area contributed by atoms with Gasteiger partial charge in [-0.25, -0.2) is 4.99 Å². The molecule has 1 unspecified atom stereocenters. The molecule has 0 aliphatic rings. The highest BCUT2D eigenvalue weighted by Gasteiger charge is 2.16. The summed E-state index contributed by atoms with van der Waals surface area (Å²) in [4.78, 5) is 16.7. The standard InChI is InChI=1S/C20H34N4O2.HI/c1-7-15(3)24-18(25)17-11-9-16(10-12-17)13-22-19(21-8-2)23-14-20(4,5)26-6;/h9-12,15H,7-8,13-14H2,1-6H3,(H,24,25)(H2,21,22,23);1H. The number of hydrogen-bond donors (Lipinski definition) is 3. The fraction of sp³-hybridized carbons (Fsp3) is 0.600. The lowest BCUT2D eigenvalue weighted by Gasteiger charge is -2.24. The second kappa shape index (κ2) is 12.9. The first kappa shape index (κ1) is 25.6. The van der Waals surface area contributed by atoms with E-state index in [1.807, 2.05) is 52.0 Å². The number of nitrogens with one attached hydrogen (secondary N) is 3. The van der Waals surface area contributed by atoms with E-state index in [4.69, 9.17) is 4.74 Å². The Labute approximate surface area is 181 Å². The van der Waals surface area contributed by atoms with E-state index in [0.717, 1.165) is 24.5 Å². The molecule has 0 heterocycles. The largest absolute Gasteiger partial charge is 0.377 e. The Bertz CT molecular complexity index is 588. The number of benzene rings is 1. The number of methoxy groups -OCH3 is 1. The van der Waals surface area contributed by atoms with E-state index in [1.54, 1.807) is 7.11 Å². The molecule has 3 N–H and O–H groups in total. The summed E-state index contributed by atoms with van der Waals surface area (Å²) in [5.74, 6) is 0.711. The van der Waals surface area contributed by atoms with Crippen molar-refractivity contribution in [1.29, 1.82) is 0 Å². The van der Waals surface area contributed by atoms with Gasteiger partial charge in [-0.05, 0) is 51.8 Å². The van der Waals surface area contributed by atoms with Crippen LogP contribution in [0, 0.1) is 0 Å². The monoisotopic (exact) mass is 490 g/mol. The minimum Gasteiger partial charge on any atom is -0.377 e. The van der Waals surface area contributed by atoms with E-state index in [1.165, 1.54) is 0 Å². The fourth-order valence-electron chi connectivity index (χ4n) is 2.05. The molecule has 0 aliphatic heterocycles. The Hall–Kier alpha value is -1.35. The summed E-state index contributed by atoms with van der Waals surface area (Å²) in [7, 11) is 1.70. The predicted molar refractivity (Wildman–Crippen MR) is 123 cm³/mol. The van der Waals surface area contributed by atoms with Gasteiger partial charge in [-0.3, -0.25) is 4.79 Å². The quantitative estimate of drug-likeness (QED) is 0.282. The lowest BCUT2D eigenvalue weighted by molar-refractivity contribution is 0.0268. The van der Waals surface area contributed by atoms with Crippen molar-refractivity contribution in [2.75, 3.05) is 20.2 Å². The van der Waals surface area contributed by atoms with Gasteiger partial charge in [0.15, 0.2) is 5.96 Å². The smallest absolute Gasteiger partial charge is 0.251 e. The average Bonchev–Trinajstić information content (AvgIpc) is 2.64. The second-order valence-electron chi connectivity index (χ2n) is 6.99. The van der Waals surface area contributed by atoms with E-state index >= 15 is 0 Å². The fourth-order valence-corrected chi connectivity index (χ4v) is 2.05. The van der Waals surface area contributed by atoms with Gasteiger partial charge in [-0.2, -0.15) is 0 Å². The van der Waals surface area contributed by atoms with Crippen molar-refractivity contribution in [3.63, 3.8) is 0 Å². The third kappa shape index (κ3) is 9.95. The van der Waals surface area contributed by atoms with Gasteiger partial charge in [-0.15, -0.1) is 24.0 Å². The molecule has 0 spiro atoms. The maximum atomic E-state index is 12.1. The van der Waals surface area contributed by atoms with Crippen LogP contribution in [0.2, 0.25) is 0 Å². The van der Waals surface area contributed by atoms with Crippen molar-refractivity contribution >= 4 is 35.8 Å². The van der Waals surface area contributed by atoms with Crippen LogP contribution in [0.3, 0.4) is 0 Å². The summed E-state index contributed by atoms with van der Waals surface area (Å²) < 4.78 is 5.42. The van der Waals surface area contributed by atoms with Gasteiger partial charge in [-0.1, -0.05) is 19.1 Å². The van der Waals surface area contributed by atoms with Crippen LogP contribution in [0.25, 0.3) is 0 Å². The molecule has 1 rings (SSSR count). The first-order chi connectivity index (χ1) is 12.3. The molecule has 6 nitrogen and oxygen atoms in total. The highest BCUT2D eigenvalue weighted by molar-refractivity contribution is 14.0. The number of nitrogens with zero attached hydrogens (tertiary/aromatic N) is 1. The van der Waals surface area contributed by atoms with Crippen LogP contribution in [0.1, 0.15) is 57.0 Å². The topological polar surface area (TPSA) is 74.8 Å². The SMILES string of the molecule is CCNC(=NCc1ccc(C(=O)NC(C)CC)cc1)NCC(C)(C)OC.I. The van der Waals surface area contributed by atoms with Gasteiger partial charge in [0, 0.05) is 31.8 Å². The van der Waals surface area contributed by atoms with Crippen molar-refractivity contribution in [1.82, 2.24) is 16.0 Å². The molecule has 0 radical (unpaired) electrons. The highest BCUT2D eigenvalue weighted by atomic mass is 127. The highest BCUT2D eigenvalue weighted by Crippen LogP contribution is 2.07. The molecule has 1 aromatic rings. The molecule has 0 aliphatic carbocycles. The van der Waals surface area contributed by atoms with Crippen LogP contribution < -0.4 is 16.0 Å². The number of guanidine groups is 1. The molecule has 1 atom stereocenters. The zero-order valence-electron chi connectivity index (χ0n) is 17.4. The van der Waals surface area contributed by atoms with Crippen molar-refractivity contribution in [3.8, 4) is 0 Å². The Balaban J connectivity index is 0.00000676. The lowest BCUT2D eigenvalue weighted by atomic mass is 10.1. The van der Waals surface area contributed by atoms with Crippen LogP contribution in [0.4, 0.5) is 0 Å². The maximum Gasteiger partial charge on any atom is 0.251 e. The van der Waals surface area contributed by atoms with Crippen LogP contribution in [-0.2, 0) is 11.3 Å². The van der Waals surface area contributed by atoms with Gasteiger partial charge in [0.25, 0.3) is 5.91 Å². The van der Waals surface area contributed by atoms with Crippen molar-refractivity contribution in [2.45, 2.75) is 59.2 Å². The van der Waals surface area contributed by atoms with Crippen LogP contribution in [0.5, 0.6) is 0 Å². The Morgan fingerprint density at radius 3 is 2.33 bits per heavy atom. The average molecular weight is 490 g/mol. The maximum absolute atomic E-state index is 12.1. The zero-order valence-corrected chi connectivity index (χ0v) is 19.7. The number of hydrogen-bond acceptors (Lipinski definition) is 3. The van der Waals surface area contributed by atoms with Gasteiger partial charge in [0.1, 0.15) is 0 Å². The molecule has 0 aromatic heterocycles. The number of carbonyl (C=O) groups is 1. The van der Waals surface area contributed by atoms with Gasteiger partial charge in [0.2, 0.25) is 0 Å². The molecule has 0 saturated heterocycles. The van der Waals surface area contributed by atoms with Gasteiger partial charge in [0.05, 0.1) is 12.1 Å². The molecule has 7 heteroatoms. The van der Waals surface area contributed by atoms with Gasteiger partial charge >= 0.3 is 0 Å². The molecule has 0 saturated carbocycles. The Morgan fingerprint density at radius 1 is 1.19 bits per heavy atom. The summed E-state index contributed by atoms with van der Waals surface area (Å²) in [6.45, 7) is 12.1. The van der Waals surface area contributed by atoms with Crippen LogP contribution >= 0.6 is 24.0 Å². The first-order valence-corrected chi connectivity index (χ1v) is 9.28. The summed E-state index contributed by atoms with van der Waals surface area (Å²) in [6, 6.07) is 7.75. The first-order valence-electron chi connectivity index (χ1n) is 9.28. The minimum atomic E-state index is -0.263. The molecule has 1 aromatic carbocycles. The van der Waals surface area contributed by atoms with E-state index in [2.05, 4.69) is 27.9 Å². The number of carbonyl (C=O) groups excluding carboxylic acids is 1. The van der Waals surface area contributed by atoms with Gasteiger partial charge < -0.3 is 20.7 Å². The summed E-state index contributed by atoms with van der Waals surface area (Å²) in [6.07, 6.45) is 0.915. The predicted octanol–water partition coefficient (Wildman–Crippen LogP) is 3.31. The summed E-state index contributed by atoms with van der Waals surface area (Å²) >= 11 is 0. The third-order valence-corrected chi connectivity index (χ3v) is 4.20. The Morgan fingerprint density at radius 2 is 1.81 bits per heavy atom. The zero-order chi connectivity index (χ0) is 19.6. The third-order valence-electron chi connectivity index (χ3n) is 4.20. The van der Waals surface area contributed by atoms with E-state index < -0.39 is 0 Å². The number of halogens is 1. The molecular weight excluding hydrogens is 455 g/mol.